The molecule has 0 amide bonds. The molecule has 4 rings (SSSR count). The van der Waals surface area contributed by atoms with Crippen LogP contribution in [0.3, 0.4) is 0 Å². The molecule has 0 atom stereocenters. The van der Waals surface area contributed by atoms with Crippen LogP contribution in [-0.2, 0) is 0 Å². The van der Waals surface area contributed by atoms with Crippen LogP contribution in [0.1, 0.15) is 10.4 Å². The molecule has 0 unspecified atom stereocenters. The Labute approximate surface area is 127 Å². The van der Waals surface area contributed by atoms with Crippen molar-refractivity contribution in [3.8, 4) is 0 Å². The van der Waals surface area contributed by atoms with Gasteiger partial charge < -0.3 is 0 Å². The lowest BCUT2D eigenvalue weighted by molar-refractivity contribution is -0.510. The first kappa shape index (κ1) is 12.4. The predicted octanol–water partition coefficient (Wildman–Crippen LogP) is 3.44. The fraction of sp³-hybridized carbons (Fsp3) is 0.0526. The zero-order valence-electron chi connectivity index (χ0n) is 11.8. The van der Waals surface area contributed by atoms with Crippen LogP contribution in [0.5, 0.6) is 0 Å². The van der Waals surface area contributed by atoms with Crippen molar-refractivity contribution in [3.05, 3.63) is 82.0 Å². The van der Waals surface area contributed by atoms with Crippen molar-refractivity contribution in [1.82, 2.24) is 0 Å². The first-order valence-corrected chi connectivity index (χ1v) is 7.80. The fourth-order valence-electron chi connectivity index (χ4n) is 2.91. The Bertz CT molecular complexity index is 1090. The lowest BCUT2D eigenvalue weighted by atomic mass is 10.1. The molecule has 0 spiro atoms. The van der Waals surface area contributed by atoms with Gasteiger partial charge in [0.2, 0.25) is 5.35 Å². The summed E-state index contributed by atoms with van der Waals surface area (Å²) in [5.41, 5.74) is 1.29. The second-order valence-corrected chi connectivity index (χ2v) is 6.34. The van der Waals surface area contributed by atoms with E-state index >= 15 is 0 Å². The summed E-state index contributed by atoms with van der Waals surface area (Å²) in [7, 11) is 0. The molecule has 1 aliphatic rings. The molecule has 1 aliphatic carbocycles. The van der Waals surface area contributed by atoms with Crippen molar-refractivity contribution in [3.63, 3.8) is 0 Å². The number of pyridine rings is 1. The predicted molar refractivity (Wildman–Crippen MR) is 89.1 cm³/mol. The molecule has 0 radical (unpaired) electrons. The van der Waals surface area contributed by atoms with Crippen LogP contribution < -0.4 is 9.46 Å². The molecule has 0 aliphatic heterocycles. The smallest absolute Gasteiger partial charge is 0.214 e. The Hall–Kier alpha value is -2.32. The average molecular weight is 289 g/mol. The summed E-state index contributed by atoms with van der Waals surface area (Å²) in [5, 5.41) is 5.13. The van der Waals surface area contributed by atoms with Crippen LogP contribution in [-0.4, -0.2) is 0 Å². The standard InChI is InChI=1S/C19H15NS/c1-13-10-11-15-14-7-3-4-9-17(14)21-19(15)18(13)16-8-5-6-12-20(16)2/h3-12H,2H2,1H3. The van der Waals surface area contributed by atoms with E-state index in [2.05, 4.69) is 62.6 Å². The Morgan fingerprint density at radius 1 is 1.24 bits per heavy atom. The molecule has 1 aromatic carbocycles. The van der Waals surface area contributed by atoms with Gasteiger partial charge in [-0.3, -0.25) is 0 Å². The number of aryl methyl sites for hydroxylation is 1. The van der Waals surface area contributed by atoms with Gasteiger partial charge in [-0.25, -0.2) is 18.6 Å². The lowest BCUT2D eigenvalue weighted by Crippen LogP contribution is -2.14. The van der Waals surface area contributed by atoms with Gasteiger partial charge in [-0.05, 0) is 18.6 Å². The zero-order chi connectivity index (χ0) is 14.4. The highest BCUT2D eigenvalue weighted by atomic mass is 32.1. The van der Waals surface area contributed by atoms with Crippen LogP contribution in [0.25, 0.3) is 22.2 Å². The Morgan fingerprint density at radius 2 is 2.14 bits per heavy atom. The topological polar surface area (TPSA) is 5.90 Å². The number of thiophene rings is 1. The average Bonchev–Trinajstić information content (AvgIpc) is 2.87. The van der Waals surface area contributed by atoms with Crippen molar-refractivity contribution in [1.29, 1.82) is 0 Å². The molecule has 0 saturated heterocycles. The molecule has 102 valence electrons. The van der Waals surface area contributed by atoms with Crippen molar-refractivity contribution >= 4 is 33.6 Å². The molecule has 3 aromatic rings. The van der Waals surface area contributed by atoms with Gasteiger partial charge in [-0.1, -0.05) is 6.07 Å². The van der Waals surface area contributed by atoms with Gasteiger partial charge >= 0.3 is 0 Å². The van der Waals surface area contributed by atoms with E-state index in [4.69, 9.17) is 0 Å². The van der Waals surface area contributed by atoms with E-state index in [-0.39, 0.29) is 0 Å². The SMILES string of the molecule is C=[n+]1ccccc1=c1c(C)ccc2c3[c-]([s+]c12)C=C[CH-]C=3. The van der Waals surface area contributed by atoms with Gasteiger partial charge in [-0.15, -0.1) is 11.5 Å². The maximum atomic E-state index is 4.12. The summed E-state index contributed by atoms with van der Waals surface area (Å²) in [6.45, 7) is 6.29. The Balaban J connectivity index is 2.38. The third kappa shape index (κ3) is 1.83. The number of benzene rings is 1. The van der Waals surface area contributed by atoms with Crippen molar-refractivity contribution < 1.29 is 4.24 Å². The highest BCUT2D eigenvalue weighted by molar-refractivity contribution is 7.19. The first-order valence-electron chi connectivity index (χ1n) is 6.98. The second-order valence-electron chi connectivity index (χ2n) is 5.29. The second kappa shape index (κ2) is 4.61. The maximum Gasteiger partial charge on any atom is 0.214 e. The van der Waals surface area contributed by atoms with Crippen molar-refractivity contribution in [2.75, 3.05) is 0 Å². The zero-order valence-corrected chi connectivity index (χ0v) is 12.7. The Kier molecular flexibility index (Phi) is 2.72. The highest BCUT2D eigenvalue weighted by Crippen LogP contribution is 2.26. The summed E-state index contributed by atoms with van der Waals surface area (Å²) in [4.78, 5) is 1.34. The number of hydrogen-bond acceptors (Lipinski definition) is 0. The number of allylic oxidation sites excluding steroid dienone is 1. The summed E-state index contributed by atoms with van der Waals surface area (Å²) in [6, 6.07) is 10.7. The monoisotopic (exact) mass is 289 g/mol. The van der Waals surface area contributed by atoms with E-state index in [0.29, 0.717) is 0 Å². The highest BCUT2D eigenvalue weighted by Gasteiger charge is 2.10. The summed E-state index contributed by atoms with van der Waals surface area (Å²) >= 11 is 1.86. The first-order chi connectivity index (χ1) is 10.3. The molecule has 0 fully saturated rings. The van der Waals surface area contributed by atoms with Crippen molar-refractivity contribution in [2.24, 2.45) is 0 Å². The lowest BCUT2D eigenvalue weighted by Gasteiger charge is -2.05. The van der Waals surface area contributed by atoms with Gasteiger partial charge in [0.05, 0.1) is 10.1 Å². The minimum atomic E-state index is 1.16. The van der Waals surface area contributed by atoms with E-state index in [1.165, 1.54) is 31.0 Å². The summed E-state index contributed by atoms with van der Waals surface area (Å²) in [5.74, 6) is 0. The van der Waals surface area contributed by atoms with E-state index in [1.807, 2.05) is 27.8 Å². The minimum absolute atomic E-state index is 1.16. The normalized spacial score (nSPS) is 14.5. The largest absolute Gasteiger partial charge is 0.237 e. The quantitative estimate of drug-likeness (QED) is 0.340. The molecule has 2 heteroatoms. The number of rotatable bonds is 0. The molecule has 0 N–H and O–H groups in total. The summed E-state index contributed by atoms with van der Waals surface area (Å²) in [6.07, 6.45) is 10.6. The van der Waals surface area contributed by atoms with Crippen LogP contribution in [0, 0.1) is 30.6 Å². The number of hydrogen-bond donors (Lipinski definition) is 0. The van der Waals surface area contributed by atoms with Crippen LogP contribution in [0.4, 0.5) is 0 Å². The van der Waals surface area contributed by atoms with Gasteiger partial charge in [0.15, 0.2) is 6.20 Å². The molecule has 0 bridgehead atoms. The van der Waals surface area contributed by atoms with Crippen molar-refractivity contribution in [2.45, 2.75) is 6.92 Å². The number of fused-ring (bicyclic) bond motifs is 3. The molecule has 0 saturated carbocycles. The molecule has 2 heterocycles. The Morgan fingerprint density at radius 3 is 3.00 bits per heavy atom. The van der Waals surface area contributed by atoms with Gasteiger partial charge in [0.1, 0.15) is 22.8 Å². The number of aromatic nitrogens is 1. The maximum absolute atomic E-state index is 4.12. The molecular formula is C19H15NS. The summed E-state index contributed by atoms with van der Waals surface area (Å²) < 4.78 is 3.30. The van der Waals surface area contributed by atoms with E-state index < -0.39 is 0 Å². The van der Waals surface area contributed by atoms with Gasteiger partial charge in [0.25, 0.3) is 0 Å². The molecular weight excluding hydrogens is 274 g/mol. The van der Waals surface area contributed by atoms with Crippen LogP contribution >= 0.6 is 11.3 Å². The van der Waals surface area contributed by atoms with E-state index in [0.717, 1.165) is 5.35 Å². The molecule has 2 aromatic heterocycles. The molecule has 1 nitrogen and oxygen atoms in total. The third-order valence-corrected chi connectivity index (χ3v) is 5.16. The van der Waals surface area contributed by atoms with Gasteiger partial charge in [0, 0.05) is 12.1 Å². The van der Waals surface area contributed by atoms with E-state index in [9.17, 15) is 0 Å². The van der Waals surface area contributed by atoms with Crippen LogP contribution in [0.2, 0.25) is 0 Å². The van der Waals surface area contributed by atoms with E-state index in [1.54, 1.807) is 0 Å². The number of nitrogens with zero attached hydrogens (tertiary/aromatic N) is 1. The third-order valence-electron chi connectivity index (χ3n) is 3.95. The van der Waals surface area contributed by atoms with Crippen LogP contribution in [0.15, 0.2) is 42.6 Å². The fourth-order valence-corrected chi connectivity index (χ4v) is 4.22. The molecule has 21 heavy (non-hydrogen) atoms. The minimum Gasteiger partial charge on any atom is -0.237 e. The van der Waals surface area contributed by atoms with Gasteiger partial charge in [-0.2, -0.15) is 15.5 Å².